The first kappa shape index (κ1) is 11.1. The third-order valence-corrected chi connectivity index (χ3v) is 3.18. The Morgan fingerprint density at radius 2 is 2.28 bits per heavy atom. The van der Waals surface area contributed by atoms with Gasteiger partial charge in [-0.2, -0.15) is 0 Å². The van der Waals surface area contributed by atoms with Gasteiger partial charge in [-0.1, -0.05) is 6.07 Å². The second-order valence-electron chi connectivity index (χ2n) is 4.49. The van der Waals surface area contributed by atoms with Crippen LogP contribution in [-0.2, 0) is 4.74 Å². The highest BCUT2D eigenvalue weighted by atomic mass is 16.5. The molecule has 1 aliphatic carbocycles. The van der Waals surface area contributed by atoms with Crippen molar-refractivity contribution in [1.82, 2.24) is 0 Å². The SMILES string of the molecule is CCOC(=O)c1oc2cccc(O)c2c1C1CC1. The lowest BCUT2D eigenvalue weighted by atomic mass is 10.1. The highest BCUT2D eigenvalue weighted by Crippen LogP contribution is 2.48. The number of furan rings is 1. The molecule has 1 aromatic heterocycles. The van der Waals surface area contributed by atoms with E-state index in [0.29, 0.717) is 23.5 Å². The summed E-state index contributed by atoms with van der Waals surface area (Å²) in [5.41, 5.74) is 1.35. The van der Waals surface area contributed by atoms with Crippen LogP contribution < -0.4 is 0 Å². The van der Waals surface area contributed by atoms with E-state index in [9.17, 15) is 9.90 Å². The first-order valence-electron chi connectivity index (χ1n) is 6.14. The van der Waals surface area contributed by atoms with E-state index in [0.717, 1.165) is 18.4 Å². The van der Waals surface area contributed by atoms with Gasteiger partial charge in [0.05, 0.1) is 12.0 Å². The second kappa shape index (κ2) is 4.05. The Bertz CT molecular complexity index is 608. The van der Waals surface area contributed by atoms with Crippen LogP contribution in [0.25, 0.3) is 11.0 Å². The summed E-state index contributed by atoms with van der Waals surface area (Å²) < 4.78 is 10.6. The van der Waals surface area contributed by atoms with Crippen LogP contribution in [0.2, 0.25) is 0 Å². The van der Waals surface area contributed by atoms with Crippen LogP contribution in [0.1, 0.15) is 41.8 Å². The molecule has 1 N–H and O–H groups in total. The molecule has 0 spiro atoms. The zero-order valence-corrected chi connectivity index (χ0v) is 10.1. The van der Waals surface area contributed by atoms with E-state index in [1.807, 2.05) is 0 Å². The minimum absolute atomic E-state index is 0.161. The topological polar surface area (TPSA) is 59.7 Å². The van der Waals surface area contributed by atoms with Gasteiger partial charge in [-0.05, 0) is 37.8 Å². The number of carbonyl (C=O) groups excluding carboxylic acids is 1. The average Bonchev–Trinajstić information content (AvgIpc) is 3.10. The maximum Gasteiger partial charge on any atom is 0.374 e. The third-order valence-electron chi connectivity index (χ3n) is 3.18. The first-order valence-corrected chi connectivity index (χ1v) is 6.14. The van der Waals surface area contributed by atoms with Crippen LogP contribution in [0.5, 0.6) is 5.75 Å². The van der Waals surface area contributed by atoms with Gasteiger partial charge in [0.25, 0.3) is 0 Å². The molecule has 0 unspecified atom stereocenters. The molecule has 0 aliphatic heterocycles. The number of hydrogen-bond donors (Lipinski definition) is 1. The number of phenols is 1. The van der Waals surface area contributed by atoms with E-state index >= 15 is 0 Å². The zero-order valence-electron chi connectivity index (χ0n) is 10.1. The van der Waals surface area contributed by atoms with Gasteiger partial charge in [0.15, 0.2) is 0 Å². The number of aromatic hydroxyl groups is 1. The highest BCUT2D eigenvalue weighted by molar-refractivity contribution is 5.99. The van der Waals surface area contributed by atoms with Crippen molar-refractivity contribution in [2.45, 2.75) is 25.7 Å². The molecule has 1 fully saturated rings. The predicted molar refractivity (Wildman–Crippen MR) is 65.8 cm³/mol. The Morgan fingerprint density at radius 3 is 2.94 bits per heavy atom. The van der Waals surface area contributed by atoms with Crippen molar-refractivity contribution in [3.05, 3.63) is 29.5 Å². The van der Waals surface area contributed by atoms with Gasteiger partial charge >= 0.3 is 5.97 Å². The molecule has 4 heteroatoms. The number of fused-ring (bicyclic) bond motifs is 1. The Balaban J connectivity index is 2.21. The van der Waals surface area contributed by atoms with E-state index < -0.39 is 5.97 Å². The molecule has 2 aromatic rings. The molecule has 1 saturated carbocycles. The molecule has 0 atom stereocenters. The van der Waals surface area contributed by atoms with Crippen LogP contribution in [0.4, 0.5) is 0 Å². The maximum absolute atomic E-state index is 11.9. The minimum atomic E-state index is -0.449. The van der Waals surface area contributed by atoms with Crippen molar-refractivity contribution in [3.8, 4) is 5.75 Å². The van der Waals surface area contributed by atoms with E-state index in [1.54, 1.807) is 25.1 Å². The van der Waals surface area contributed by atoms with Crippen LogP contribution in [0, 0.1) is 0 Å². The summed E-state index contributed by atoms with van der Waals surface area (Å²) in [6.07, 6.45) is 2.05. The molecule has 0 bridgehead atoms. The normalized spacial score (nSPS) is 14.9. The average molecular weight is 246 g/mol. The van der Waals surface area contributed by atoms with Crippen LogP contribution in [0.3, 0.4) is 0 Å². The molecule has 94 valence electrons. The maximum atomic E-state index is 11.9. The number of hydrogen-bond acceptors (Lipinski definition) is 4. The lowest BCUT2D eigenvalue weighted by Crippen LogP contribution is -2.05. The number of carbonyl (C=O) groups is 1. The predicted octanol–water partition coefficient (Wildman–Crippen LogP) is 3.19. The summed E-state index contributed by atoms with van der Waals surface area (Å²) in [5.74, 6) is 0.263. The standard InChI is InChI=1S/C14H14O4/c1-2-17-14(16)13-11(8-6-7-8)12-9(15)4-3-5-10(12)18-13/h3-5,8,15H,2,6-7H2,1H3. The number of phenolic OH excluding ortho intramolecular Hbond substituents is 1. The van der Waals surface area contributed by atoms with Crippen LogP contribution in [0.15, 0.2) is 22.6 Å². The summed E-state index contributed by atoms with van der Waals surface area (Å²) in [5, 5.41) is 10.6. The molecular weight excluding hydrogens is 232 g/mol. The van der Waals surface area contributed by atoms with E-state index in [-0.39, 0.29) is 11.5 Å². The lowest BCUT2D eigenvalue weighted by molar-refractivity contribution is 0.0491. The fraction of sp³-hybridized carbons (Fsp3) is 0.357. The molecule has 0 saturated heterocycles. The number of ether oxygens (including phenoxy) is 1. The molecular formula is C14H14O4. The monoisotopic (exact) mass is 246 g/mol. The Morgan fingerprint density at radius 1 is 1.50 bits per heavy atom. The first-order chi connectivity index (χ1) is 8.72. The quantitative estimate of drug-likeness (QED) is 0.845. The van der Waals surface area contributed by atoms with E-state index in [2.05, 4.69) is 0 Å². The van der Waals surface area contributed by atoms with Gasteiger partial charge < -0.3 is 14.3 Å². The third kappa shape index (κ3) is 1.65. The van der Waals surface area contributed by atoms with Crippen molar-refractivity contribution < 1.29 is 19.1 Å². The summed E-state index contributed by atoms with van der Waals surface area (Å²) in [7, 11) is 0. The van der Waals surface area contributed by atoms with E-state index in [1.165, 1.54) is 0 Å². The van der Waals surface area contributed by atoms with Crippen molar-refractivity contribution in [2.75, 3.05) is 6.61 Å². The summed E-state index contributed by atoms with van der Waals surface area (Å²) >= 11 is 0. The van der Waals surface area contributed by atoms with Gasteiger partial charge in [-0.3, -0.25) is 0 Å². The van der Waals surface area contributed by atoms with Gasteiger partial charge in [0.1, 0.15) is 11.3 Å². The smallest absolute Gasteiger partial charge is 0.374 e. The largest absolute Gasteiger partial charge is 0.507 e. The zero-order chi connectivity index (χ0) is 12.7. The Labute approximate surface area is 104 Å². The van der Waals surface area contributed by atoms with Crippen LogP contribution >= 0.6 is 0 Å². The molecule has 4 nitrogen and oxygen atoms in total. The summed E-state index contributed by atoms with van der Waals surface area (Å²) in [4.78, 5) is 11.9. The fourth-order valence-corrected chi connectivity index (χ4v) is 2.26. The molecule has 1 aromatic carbocycles. The van der Waals surface area contributed by atoms with Gasteiger partial charge in [-0.25, -0.2) is 4.79 Å². The highest BCUT2D eigenvalue weighted by Gasteiger charge is 2.35. The van der Waals surface area contributed by atoms with Gasteiger partial charge in [0.2, 0.25) is 5.76 Å². The van der Waals surface area contributed by atoms with E-state index in [4.69, 9.17) is 9.15 Å². The number of rotatable bonds is 3. The van der Waals surface area contributed by atoms with Crippen molar-refractivity contribution in [1.29, 1.82) is 0 Å². The van der Waals surface area contributed by atoms with Gasteiger partial charge in [-0.15, -0.1) is 0 Å². The number of esters is 1. The molecule has 0 amide bonds. The fourth-order valence-electron chi connectivity index (χ4n) is 2.26. The second-order valence-corrected chi connectivity index (χ2v) is 4.49. The minimum Gasteiger partial charge on any atom is -0.507 e. The summed E-state index contributed by atoms with van der Waals surface area (Å²) in [6, 6.07) is 5.06. The summed E-state index contributed by atoms with van der Waals surface area (Å²) in [6.45, 7) is 2.07. The number of benzene rings is 1. The van der Waals surface area contributed by atoms with Gasteiger partial charge in [0, 0.05) is 5.56 Å². The molecule has 18 heavy (non-hydrogen) atoms. The van der Waals surface area contributed by atoms with Crippen molar-refractivity contribution in [2.24, 2.45) is 0 Å². The molecule has 1 heterocycles. The van der Waals surface area contributed by atoms with Crippen molar-refractivity contribution in [3.63, 3.8) is 0 Å². The molecule has 1 aliphatic rings. The Hall–Kier alpha value is -1.97. The van der Waals surface area contributed by atoms with Crippen LogP contribution in [-0.4, -0.2) is 17.7 Å². The lowest BCUT2D eigenvalue weighted by Gasteiger charge is -2.01. The van der Waals surface area contributed by atoms with Crippen molar-refractivity contribution >= 4 is 16.9 Å². The molecule has 0 radical (unpaired) electrons. The molecule has 3 rings (SSSR count). The Kier molecular flexibility index (Phi) is 2.51.